The van der Waals surface area contributed by atoms with E-state index in [4.69, 9.17) is 0 Å². The molecule has 3 atom stereocenters. The molecule has 4 nitrogen and oxygen atoms in total. The van der Waals surface area contributed by atoms with Gasteiger partial charge < -0.3 is 10.4 Å². The number of hydrogen-bond donors (Lipinski definition) is 2. The minimum Gasteiger partial charge on any atom is -0.481 e. The number of carbonyl (C=O) groups is 2. The minimum atomic E-state index is -0.934. The van der Waals surface area contributed by atoms with Gasteiger partial charge in [0.15, 0.2) is 0 Å². The average molecular weight is 323 g/mol. The third-order valence-electron chi connectivity index (χ3n) is 4.72. The molecule has 1 fully saturated rings. The fourth-order valence-electron chi connectivity index (χ4n) is 3.39. The van der Waals surface area contributed by atoms with Gasteiger partial charge in [0.05, 0.1) is 17.9 Å². The summed E-state index contributed by atoms with van der Waals surface area (Å²) in [7, 11) is 0. The standard InChI is InChI=1S/C16H18FNO3S/c1-16(2)11(12(16)15(20)21)14(19)18-10-6-7-22-13-8(10)4-3-5-9(13)17/h3-5,10-12H,6-7H2,1-2H3,(H,18,19)(H,20,21)/t10?,11-,12+/m1/s1. The number of fused-ring (bicyclic) bond motifs is 1. The van der Waals surface area contributed by atoms with E-state index in [0.717, 1.165) is 17.7 Å². The largest absolute Gasteiger partial charge is 0.481 e. The van der Waals surface area contributed by atoms with Gasteiger partial charge in [-0.05, 0) is 23.5 Å². The van der Waals surface area contributed by atoms with Crippen molar-refractivity contribution in [1.29, 1.82) is 0 Å². The second-order valence-electron chi connectivity index (χ2n) is 6.47. The van der Waals surface area contributed by atoms with E-state index in [9.17, 15) is 19.1 Å². The SMILES string of the molecule is CC1(C)[C@H](C(=O)O)[C@@H]1C(=O)NC1CCSc2c(F)cccc21. The van der Waals surface area contributed by atoms with E-state index in [0.29, 0.717) is 4.90 Å². The number of nitrogens with one attached hydrogen (secondary N) is 1. The molecule has 1 unspecified atom stereocenters. The van der Waals surface area contributed by atoms with Gasteiger partial charge in [-0.25, -0.2) is 4.39 Å². The van der Waals surface area contributed by atoms with Crippen LogP contribution >= 0.6 is 11.8 Å². The van der Waals surface area contributed by atoms with Gasteiger partial charge >= 0.3 is 5.97 Å². The third kappa shape index (κ3) is 2.39. The quantitative estimate of drug-likeness (QED) is 0.898. The molecule has 0 aromatic heterocycles. The van der Waals surface area contributed by atoms with Crippen molar-refractivity contribution in [3.05, 3.63) is 29.6 Å². The van der Waals surface area contributed by atoms with Gasteiger partial charge in [-0.3, -0.25) is 9.59 Å². The molecule has 1 aromatic rings. The molecule has 2 aliphatic rings. The number of carboxylic acid groups (broad SMARTS) is 1. The van der Waals surface area contributed by atoms with Gasteiger partial charge in [0.1, 0.15) is 5.82 Å². The van der Waals surface area contributed by atoms with Crippen LogP contribution in [0.25, 0.3) is 0 Å². The topological polar surface area (TPSA) is 66.4 Å². The molecule has 1 aromatic carbocycles. The van der Waals surface area contributed by atoms with E-state index < -0.39 is 23.2 Å². The van der Waals surface area contributed by atoms with E-state index in [1.54, 1.807) is 19.9 Å². The van der Waals surface area contributed by atoms with Gasteiger partial charge in [-0.2, -0.15) is 0 Å². The number of benzene rings is 1. The van der Waals surface area contributed by atoms with Crippen molar-refractivity contribution in [2.45, 2.75) is 31.2 Å². The van der Waals surface area contributed by atoms with Gasteiger partial charge in [-0.15, -0.1) is 11.8 Å². The van der Waals surface area contributed by atoms with E-state index in [1.807, 2.05) is 6.07 Å². The number of rotatable bonds is 3. The van der Waals surface area contributed by atoms with E-state index >= 15 is 0 Å². The van der Waals surface area contributed by atoms with Crippen LogP contribution in [0.4, 0.5) is 4.39 Å². The maximum absolute atomic E-state index is 13.8. The monoisotopic (exact) mass is 323 g/mol. The van der Waals surface area contributed by atoms with Crippen LogP contribution in [0.15, 0.2) is 23.1 Å². The number of aliphatic carboxylic acids is 1. The van der Waals surface area contributed by atoms with Gasteiger partial charge in [0, 0.05) is 10.6 Å². The summed E-state index contributed by atoms with van der Waals surface area (Å²) in [4.78, 5) is 24.2. The van der Waals surface area contributed by atoms with E-state index in [1.165, 1.54) is 17.8 Å². The number of thioether (sulfide) groups is 1. The molecule has 0 bridgehead atoms. The van der Waals surface area contributed by atoms with Crippen molar-refractivity contribution in [2.75, 3.05) is 5.75 Å². The maximum Gasteiger partial charge on any atom is 0.307 e. The average Bonchev–Trinajstić information content (AvgIpc) is 3.03. The molecule has 2 N–H and O–H groups in total. The highest BCUT2D eigenvalue weighted by molar-refractivity contribution is 7.99. The summed E-state index contributed by atoms with van der Waals surface area (Å²) in [6.45, 7) is 3.58. The Balaban J connectivity index is 1.77. The predicted molar refractivity (Wildman–Crippen MR) is 81.0 cm³/mol. The summed E-state index contributed by atoms with van der Waals surface area (Å²) >= 11 is 1.46. The fourth-order valence-corrected chi connectivity index (χ4v) is 4.53. The molecule has 6 heteroatoms. The molecule has 0 radical (unpaired) electrons. The zero-order valence-corrected chi connectivity index (χ0v) is 13.2. The summed E-state index contributed by atoms with van der Waals surface area (Å²) in [5, 5.41) is 12.1. The second kappa shape index (κ2) is 5.26. The minimum absolute atomic E-state index is 0.245. The predicted octanol–water partition coefficient (Wildman–Crippen LogP) is 2.84. The summed E-state index contributed by atoms with van der Waals surface area (Å²) in [5.41, 5.74) is 0.263. The number of carbonyl (C=O) groups excluding carboxylic acids is 1. The molecule has 0 saturated heterocycles. The highest BCUT2D eigenvalue weighted by Crippen LogP contribution is 2.58. The molecule has 118 valence electrons. The van der Waals surface area contributed by atoms with Gasteiger partial charge in [-0.1, -0.05) is 26.0 Å². The number of hydrogen-bond acceptors (Lipinski definition) is 3. The van der Waals surface area contributed by atoms with Crippen LogP contribution in [0.1, 0.15) is 31.9 Å². The molecule has 1 aliphatic heterocycles. The maximum atomic E-state index is 13.8. The first-order valence-electron chi connectivity index (χ1n) is 7.28. The number of amides is 1. The lowest BCUT2D eigenvalue weighted by Gasteiger charge is -2.26. The van der Waals surface area contributed by atoms with Crippen molar-refractivity contribution < 1.29 is 19.1 Å². The molecule has 1 amide bonds. The van der Waals surface area contributed by atoms with Crippen LogP contribution < -0.4 is 5.32 Å². The summed E-state index contributed by atoms with van der Waals surface area (Å²) in [6.07, 6.45) is 0.720. The lowest BCUT2D eigenvalue weighted by Crippen LogP contribution is -2.33. The van der Waals surface area contributed by atoms with Crippen molar-refractivity contribution in [2.24, 2.45) is 17.3 Å². The fraction of sp³-hybridized carbons (Fsp3) is 0.500. The normalized spacial score (nSPS) is 28.6. The van der Waals surface area contributed by atoms with E-state index in [-0.39, 0.29) is 17.8 Å². The smallest absolute Gasteiger partial charge is 0.307 e. The Morgan fingerprint density at radius 3 is 2.73 bits per heavy atom. The molecule has 1 saturated carbocycles. The first-order valence-corrected chi connectivity index (χ1v) is 8.27. The van der Waals surface area contributed by atoms with Crippen LogP contribution in [-0.4, -0.2) is 22.7 Å². The van der Waals surface area contributed by atoms with Crippen LogP contribution in [0.3, 0.4) is 0 Å². The van der Waals surface area contributed by atoms with Crippen LogP contribution in [0.2, 0.25) is 0 Å². The Hall–Kier alpha value is -1.56. The molecule has 0 spiro atoms. The molecular weight excluding hydrogens is 305 g/mol. The Morgan fingerprint density at radius 2 is 2.09 bits per heavy atom. The molecule has 1 heterocycles. The Labute approximate surface area is 132 Å². The van der Waals surface area contributed by atoms with Crippen molar-refractivity contribution in [3.8, 4) is 0 Å². The number of halogens is 1. The summed E-state index contributed by atoms with van der Waals surface area (Å²) in [6, 6.07) is 4.63. The van der Waals surface area contributed by atoms with Gasteiger partial charge in [0.25, 0.3) is 0 Å². The van der Waals surface area contributed by atoms with E-state index in [2.05, 4.69) is 5.32 Å². The zero-order valence-electron chi connectivity index (χ0n) is 12.4. The van der Waals surface area contributed by atoms with Gasteiger partial charge in [0.2, 0.25) is 5.91 Å². The summed E-state index contributed by atoms with van der Waals surface area (Å²) < 4.78 is 13.8. The third-order valence-corrected chi connectivity index (χ3v) is 5.88. The van der Waals surface area contributed by atoms with Crippen LogP contribution in [0, 0.1) is 23.1 Å². The Bertz CT molecular complexity index is 646. The molecular formula is C16H18FNO3S. The first kappa shape index (κ1) is 15.3. The van der Waals surface area contributed by atoms with Crippen LogP contribution in [-0.2, 0) is 9.59 Å². The van der Waals surface area contributed by atoms with Crippen LogP contribution in [0.5, 0.6) is 0 Å². The highest BCUT2D eigenvalue weighted by Gasteiger charge is 2.66. The van der Waals surface area contributed by atoms with Crippen molar-refractivity contribution in [1.82, 2.24) is 5.32 Å². The molecule has 22 heavy (non-hydrogen) atoms. The zero-order chi connectivity index (χ0) is 16.1. The lowest BCUT2D eigenvalue weighted by atomic mass is 10.0. The first-order chi connectivity index (χ1) is 10.3. The van der Waals surface area contributed by atoms with Crippen molar-refractivity contribution >= 4 is 23.6 Å². The lowest BCUT2D eigenvalue weighted by molar-refractivity contribution is -0.140. The molecule has 1 aliphatic carbocycles. The Kier molecular flexibility index (Phi) is 3.67. The molecule has 3 rings (SSSR count). The Morgan fingerprint density at radius 1 is 1.36 bits per heavy atom. The van der Waals surface area contributed by atoms with Crippen molar-refractivity contribution in [3.63, 3.8) is 0 Å². The second-order valence-corrected chi connectivity index (χ2v) is 7.58. The highest BCUT2D eigenvalue weighted by atomic mass is 32.2. The number of carboxylic acids is 1. The summed E-state index contributed by atoms with van der Waals surface area (Å²) in [5.74, 6) is -1.87.